The number of hydrogen-bond acceptors (Lipinski definition) is 4. The van der Waals surface area contributed by atoms with Crippen LogP contribution in [0.4, 0.5) is 39.3 Å². The zero-order chi connectivity index (χ0) is 19.6. The molecular weight excluding hydrogens is 371 g/mol. The number of aromatic nitrogens is 2. The lowest BCUT2D eigenvalue weighted by Gasteiger charge is -2.08. The molecule has 0 unspecified atom stereocenters. The highest BCUT2D eigenvalue weighted by atomic mass is 19.2. The lowest BCUT2D eigenvalue weighted by molar-refractivity contribution is 0.102. The molecule has 0 atom stereocenters. The maximum atomic E-state index is 13.6. The van der Waals surface area contributed by atoms with Crippen LogP contribution in [0.5, 0.6) is 0 Å². The molecule has 3 rings (SSSR count). The third-order valence-corrected chi connectivity index (χ3v) is 3.38. The first-order valence-corrected chi connectivity index (χ1v) is 7.36. The van der Waals surface area contributed by atoms with E-state index in [1.165, 1.54) is 18.2 Å². The van der Waals surface area contributed by atoms with E-state index in [4.69, 9.17) is 0 Å². The Morgan fingerprint density at radius 2 is 1.41 bits per heavy atom. The number of halogens is 5. The first-order chi connectivity index (χ1) is 12.8. The van der Waals surface area contributed by atoms with E-state index in [0.29, 0.717) is 6.07 Å². The van der Waals surface area contributed by atoms with Crippen LogP contribution >= 0.6 is 0 Å². The lowest BCUT2D eigenvalue weighted by atomic mass is 10.2. The van der Waals surface area contributed by atoms with Crippen molar-refractivity contribution in [3.05, 3.63) is 77.1 Å². The molecule has 2 N–H and O–H groups in total. The first kappa shape index (κ1) is 18.2. The van der Waals surface area contributed by atoms with E-state index >= 15 is 0 Å². The SMILES string of the molecule is O=C(Nc1ccc(Nc2ccc(F)c(F)c2)nn1)c1ccc(F)c(F)c1F. The number of nitrogens with one attached hydrogen (secondary N) is 2. The standard InChI is InChI=1S/C17H9F5N4O/c18-10-3-1-8(7-12(10)20)23-13-5-6-14(26-25-13)24-17(27)9-2-4-11(19)16(22)15(9)21/h1-7H,(H,23,25)(H,24,26,27). The smallest absolute Gasteiger partial charge is 0.259 e. The number of carbonyl (C=O) groups excluding carboxylic acids is 1. The molecule has 3 aromatic rings. The van der Waals surface area contributed by atoms with Gasteiger partial charge in [-0.2, -0.15) is 0 Å². The molecule has 2 aromatic carbocycles. The van der Waals surface area contributed by atoms with Gasteiger partial charge in [0.15, 0.2) is 40.7 Å². The largest absolute Gasteiger partial charge is 0.339 e. The Morgan fingerprint density at radius 3 is 2.07 bits per heavy atom. The lowest BCUT2D eigenvalue weighted by Crippen LogP contribution is -2.16. The number of amides is 1. The summed E-state index contributed by atoms with van der Waals surface area (Å²) >= 11 is 0. The summed E-state index contributed by atoms with van der Waals surface area (Å²) in [6, 6.07) is 7.16. The molecule has 138 valence electrons. The molecule has 1 heterocycles. The molecule has 1 aromatic heterocycles. The second-order valence-corrected chi connectivity index (χ2v) is 5.23. The maximum Gasteiger partial charge on any atom is 0.259 e. The van der Waals surface area contributed by atoms with Crippen molar-refractivity contribution < 1.29 is 26.7 Å². The predicted molar refractivity (Wildman–Crippen MR) is 85.9 cm³/mol. The maximum absolute atomic E-state index is 13.6. The molecule has 5 nitrogen and oxygen atoms in total. The third kappa shape index (κ3) is 4.00. The predicted octanol–water partition coefficient (Wildman–Crippen LogP) is 4.17. The summed E-state index contributed by atoms with van der Waals surface area (Å²) in [5, 5.41) is 12.2. The summed E-state index contributed by atoms with van der Waals surface area (Å²) in [7, 11) is 0. The number of rotatable bonds is 4. The number of benzene rings is 2. The molecule has 0 aliphatic carbocycles. The minimum Gasteiger partial charge on any atom is -0.339 e. The van der Waals surface area contributed by atoms with Crippen LogP contribution in [0.3, 0.4) is 0 Å². The van der Waals surface area contributed by atoms with Gasteiger partial charge in [-0.05, 0) is 36.4 Å². The molecule has 0 aliphatic rings. The van der Waals surface area contributed by atoms with E-state index in [-0.39, 0.29) is 17.3 Å². The zero-order valence-electron chi connectivity index (χ0n) is 13.2. The van der Waals surface area contributed by atoms with Crippen molar-refractivity contribution in [2.24, 2.45) is 0 Å². The van der Waals surface area contributed by atoms with Crippen LogP contribution in [0.2, 0.25) is 0 Å². The van der Waals surface area contributed by atoms with Crippen LogP contribution in [0, 0.1) is 29.1 Å². The van der Waals surface area contributed by atoms with E-state index in [9.17, 15) is 26.7 Å². The van der Waals surface area contributed by atoms with Crippen molar-refractivity contribution in [3.8, 4) is 0 Å². The Kier molecular flexibility index (Phi) is 4.97. The van der Waals surface area contributed by atoms with E-state index in [2.05, 4.69) is 20.8 Å². The van der Waals surface area contributed by atoms with Gasteiger partial charge < -0.3 is 10.6 Å². The molecule has 10 heteroatoms. The van der Waals surface area contributed by atoms with E-state index in [1.54, 1.807) is 0 Å². The van der Waals surface area contributed by atoms with E-state index in [1.807, 2.05) is 0 Å². The summed E-state index contributed by atoms with van der Waals surface area (Å²) in [5.41, 5.74) is -0.497. The van der Waals surface area contributed by atoms with Crippen LogP contribution in [-0.2, 0) is 0 Å². The van der Waals surface area contributed by atoms with Gasteiger partial charge in [0, 0.05) is 11.8 Å². The topological polar surface area (TPSA) is 66.9 Å². The molecule has 0 fully saturated rings. The fraction of sp³-hybridized carbons (Fsp3) is 0. The van der Waals surface area contributed by atoms with Gasteiger partial charge in [0.25, 0.3) is 5.91 Å². The molecule has 0 saturated heterocycles. The van der Waals surface area contributed by atoms with Crippen molar-refractivity contribution >= 4 is 23.2 Å². The number of anilines is 3. The van der Waals surface area contributed by atoms with Gasteiger partial charge in [-0.1, -0.05) is 0 Å². The monoisotopic (exact) mass is 380 g/mol. The number of carbonyl (C=O) groups is 1. The Balaban J connectivity index is 1.71. The molecule has 0 aliphatic heterocycles. The Morgan fingerprint density at radius 1 is 0.741 bits per heavy atom. The minimum absolute atomic E-state index is 0.0973. The van der Waals surface area contributed by atoms with Crippen LogP contribution in [0.1, 0.15) is 10.4 Å². The summed E-state index contributed by atoms with van der Waals surface area (Å²) < 4.78 is 65.7. The summed E-state index contributed by atoms with van der Waals surface area (Å²) in [6.45, 7) is 0. The van der Waals surface area contributed by atoms with Gasteiger partial charge in [0.2, 0.25) is 0 Å². The second kappa shape index (κ2) is 7.36. The Labute approximate surface area is 148 Å². The highest BCUT2D eigenvalue weighted by molar-refractivity contribution is 6.03. The zero-order valence-corrected chi connectivity index (χ0v) is 13.2. The normalized spacial score (nSPS) is 10.6. The van der Waals surface area contributed by atoms with Crippen molar-refractivity contribution in [3.63, 3.8) is 0 Å². The summed E-state index contributed by atoms with van der Waals surface area (Å²) in [6.07, 6.45) is 0. The fourth-order valence-corrected chi connectivity index (χ4v) is 2.07. The third-order valence-electron chi connectivity index (χ3n) is 3.38. The highest BCUT2D eigenvalue weighted by Crippen LogP contribution is 2.19. The van der Waals surface area contributed by atoms with Gasteiger partial charge in [0.1, 0.15) is 0 Å². The average Bonchev–Trinajstić information content (AvgIpc) is 2.64. The van der Waals surface area contributed by atoms with Crippen molar-refractivity contribution in [1.82, 2.24) is 10.2 Å². The minimum atomic E-state index is -1.76. The Hall–Kier alpha value is -3.56. The van der Waals surface area contributed by atoms with Gasteiger partial charge in [0.05, 0.1) is 5.56 Å². The Bertz CT molecular complexity index is 1010. The van der Waals surface area contributed by atoms with Gasteiger partial charge in [-0.3, -0.25) is 4.79 Å². The van der Waals surface area contributed by atoms with E-state index < -0.39 is 40.6 Å². The molecule has 27 heavy (non-hydrogen) atoms. The van der Waals surface area contributed by atoms with Crippen LogP contribution in [0.25, 0.3) is 0 Å². The van der Waals surface area contributed by atoms with Crippen molar-refractivity contribution in [1.29, 1.82) is 0 Å². The summed E-state index contributed by atoms with van der Waals surface area (Å²) in [4.78, 5) is 11.9. The highest BCUT2D eigenvalue weighted by Gasteiger charge is 2.19. The number of hydrogen-bond donors (Lipinski definition) is 2. The van der Waals surface area contributed by atoms with Crippen molar-refractivity contribution in [2.45, 2.75) is 0 Å². The van der Waals surface area contributed by atoms with Gasteiger partial charge in [-0.25, -0.2) is 22.0 Å². The van der Waals surface area contributed by atoms with Crippen molar-refractivity contribution in [2.75, 3.05) is 10.6 Å². The second-order valence-electron chi connectivity index (χ2n) is 5.23. The van der Waals surface area contributed by atoms with Crippen LogP contribution in [-0.4, -0.2) is 16.1 Å². The molecule has 0 bridgehead atoms. The van der Waals surface area contributed by atoms with Gasteiger partial charge in [-0.15, -0.1) is 10.2 Å². The van der Waals surface area contributed by atoms with E-state index in [0.717, 1.165) is 18.2 Å². The summed E-state index contributed by atoms with van der Waals surface area (Å²) in [5.74, 6) is -7.87. The fourth-order valence-electron chi connectivity index (χ4n) is 2.07. The van der Waals surface area contributed by atoms with Gasteiger partial charge >= 0.3 is 0 Å². The van der Waals surface area contributed by atoms with Crippen LogP contribution < -0.4 is 10.6 Å². The van der Waals surface area contributed by atoms with Crippen LogP contribution in [0.15, 0.2) is 42.5 Å². The molecule has 0 spiro atoms. The first-order valence-electron chi connectivity index (χ1n) is 7.36. The quantitative estimate of drug-likeness (QED) is 0.527. The molecular formula is C17H9F5N4O. The molecule has 1 amide bonds. The average molecular weight is 380 g/mol. The number of nitrogens with zero attached hydrogens (tertiary/aromatic N) is 2. The molecule has 0 radical (unpaired) electrons. The molecule has 0 saturated carbocycles.